The molecule has 0 bridgehead atoms. The zero-order valence-electron chi connectivity index (χ0n) is 19.3. The Morgan fingerprint density at radius 1 is 1.00 bits per heavy atom. The predicted octanol–water partition coefficient (Wildman–Crippen LogP) is 3.02. The summed E-state index contributed by atoms with van der Waals surface area (Å²) in [5.41, 5.74) is 1.04. The molecule has 2 heterocycles. The molecule has 34 heavy (non-hydrogen) atoms. The Bertz CT molecular complexity index is 1050. The minimum absolute atomic E-state index is 0.0134. The molecule has 9 heteroatoms. The lowest BCUT2D eigenvalue weighted by atomic mass is 9.96. The first-order chi connectivity index (χ1) is 16.4. The highest BCUT2D eigenvalue weighted by molar-refractivity contribution is 7.89. The van der Waals surface area contributed by atoms with Crippen molar-refractivity contribution in [1.82, 2.24) is 14.5 Å². The van der Waals surface area contributed by atoms with Crippen LogP contribution in [0.2, 0.25) is 0 Å². The largest absolute Gasteiger partial charge is 0.492 e. The van der Waals surface area contributed by atoms with Gasteiger partial charge in [-0.3, -0.25) is 9.69 Å². The number of hydrogen-bond donors (Lipinski definition) is 1. The van der Waals surface area contributed by atoms with Gasteiger partial charge in [0, 0.05) is 26.2 Å². The van der Waals surface area contributed by atoms with Gasteiger partial charge in [-0.2, -0.15) is 4.31 Å². The van der Waals surface area contributed by atoms with E-state index in [0.717, 1.165) is 37.8 Å². The molecule has 0 radical (unpaired) electrons. The molecule has 2 aromatic carbocycles. The number of nitrogens with zero attached hydrogens (tertiary/aromatic N) is 2. The summed E-state index contributed by atoms with van der Waals surface area (Å²) in [5, 5.41) is 2.94. The van der Waals surface area contributed by atoms with E-state index < -0.39 is 10.0 Å². The monoisotopic (exact) mass is 489 g/mol. The SMILES string of the molecule is O=C(NCCOc1ccc(S(=O)(=O)N2CCCC2)cc1)C1CCCN(Cc2ccc(F)cc2)C1. The highest BCUT2D eigenvalue weighted by Gasteiger charge is 2.27. The van der Waals surface area contributed by atoms with E-state index in [4.69, 9.17) is 4.74 Å². The first-order valence-electron chi connectivity index (χ1n) is 11.9. The van der Waals surface area contributed by atoms with Crippen molar-refractivity contribution >= 4 is 15.9 Å². The van der Waals surface area contributed by atoms with Crippen molar-refractivity contribution in [3.63, 3.8) is 0 Å². The van der Waals surface area contributed by atoms with Gasteiger partial charge < -0.3 is 10.1 Å². The number of likely N-dealkylation sites (tertiary alicyclic amines) is 1. The molecule has 0 saturated carbocycles. The van der Waals surface area contributed by atoms with Gasteiger partial charge in [0.1, 0.15) is 18.2 Å². The first-order valence-corrected chi connectivity index (χ1v) is 13.3. The standard InChI is InChI=1S/C25H32FN3O4S/c26-22-7-5-20(6-8-22)18-28-14-3-4-21(19-28)25(30)27-13-17-33-23-9-11-24(12-10-23)34(31,32)29-15-1-2-16-29/h5-12,21H,1-4,13-19H2,(H,27,30). The van der Waals surface area contributed by atoms with Crippen molar-refractivity contribution in [2.24, 2.45) is 5.92 Å². The van der Waals surface area contributed by atoms with Crippen LogP contribution in [0.25, 0.3) is 0 Å². The van der Waals surface area contributed by atoms with Crippen LogP contribution >= 0.6 is 0 Å². The lowest BCUT2D eigenvalue weighted by molar-refractivity contribution is -0.126. The van der Waals surface area contributed by atoms with Gasteiger partial charge >= 0.3 is 0 Å². The number of piperidine rings is 1. The first kappa shape index (κ1) is 24.6. The lowest BCUT2D eigenvalue weighted by Crippen LogP contribution is -2.43. The van der Waals surface area contributed by atoms with Crippen LogP contribution in [0, 0.1) is 11.7 Å². The van der Waals surface area contributed by atoms with E-state index in [0.29, 0.717) is 45.1 Å². The van der Waals surface area contributed by atoms with Gasteiger partial charge in [0.25, 0.3) is 0 Å². The summed E-state index contributed by atoms with van der Waals surface area (Å²) in [6.07, 6.45) is 3.60. The molecule has 4 rings (SSSR count). The minimum atomic E-state index is -3.43. The molecule has 2 aliphatic heterocycles. The fourth-order valence-corrected chi connectivity index (χ4v) is 6.05. The van der Waals surface area contributed by atoms with Crippen LogP contribution in [0.15, 0.2) is 53.4 Å². The highest BCUT2D eigenvalue weighted by atomic mass is 32.2. The van der Waals surface area contributed by atoms with Crippen LogP contribution < -0.4 is 10.1 Å². The fraction of sp³-hybridized carbons (Fsp3) is 0.480. The molecule has 2 saturated heterocycles. The number of benzene rings is 2. The molecule has 1 unspecified atom stereocenters. The van der Waals surface area contributed by atoms with E-state index in [2.05, 4.69) is 10.2 Å². The van der Waals surface area contributed by atoms with Crippen molar-refractivity contribution < 1.29 is 22.3 Å². The molecule has 1 amide bonds. The summed E-state index contributed by atoms with van der Waals surface area (Å²) in [7, 11) is -3.43. The van der Waals surface area contributed by atoms with E-state index in [9.17, 15) is 17.6 Å². The molecule has 0 aromatic heterocycles. The van der Waals surface area contributed by atoms with Gasteiger partial charge in [-0.15, -0.1) is 0 Å². The Morgan fingerprint density at radius 2 is 1.71 bits per heavy atom. The van der Waals surface area contributed by atoms with Crippen molar-refractivity contribution in [3.05, 3.63) is 59.9 Å². The maximum absolute atomic E-state index is 13.1. The summed E-state index contributed by atoms with van der Waals surface area (Å²) >= 11 is 0. The number of ether oxygens (including phenoxy) is 1. The number of sulfonamides is 1. The quantitative estimate of drug-likeness (QED) is 0.548. The zero-order valence-corrected chi connectivity index (χ0v) is 20.1. The van der Waals surface area contributed by atoms with Crippen LogP contribution in [0.4, 0.5) is 4.39 Å². The highest BCUT2D eigenvalue weighted by Crippen LogP contribution is 2.23. The number of amides is 1. The van der Waals surface area contributed by atoms with E-state index >= 15 is 0 Å². The Labute approximate surface area is 200 Å². The number of halogens is 1. The van der Waals surface area contributed by atoms with Crippen molar-refractivity contribution in [2.45, 2.75) is 37.1 Å². The predicted molar refractivity (Wildman–Crippen MR) is 127 cm³/mol. The smallest absolute Gasteiger partial charge is 0.243 e. The average Bonchev–Trinajstić information content (AvgIpc) is 3.40. The zero-order chi connectivity index (χ0) is 24.0. The average molecular weight is 490 g/mol. The maximum atomic E-state index is 13.1. The van der Waals surface area contributed by atoms with Gasteiger partial charge in [0.2, 0.25) is 15.9 Å². The summed E-state index contributed by atoms with van der Waals surface area (Å²) in [6.45, 7) is 4.13. The number of rotatable bonds is 9. The van der Waals surface area contributed by atoms with Gasteiger partial charge in [0.15, 0.2) is 0 Å². The third kappa shape index (κ3) is 6.34. The summed E-state index contributed by atoms with van der Waals surface area (Å²) in [4.78, 5) is 15.1. The number of hydrogen-bond acceptors (Lipinski definition) is 5. The molecule has 0 aliphatic carbocycles. The fourth-order valence-electron chi connectivity index (χ4n) is 4.53. The van der Waals surface area contributed by atoms with E-state index in [1.807, 2.05) is 0 Å². The van der Waals surface area contributed by atoms with Gasteiger partial charge in [0.05, 0.1) is 17.4 Å². The van der Waals surface area contributed by atoms with E-state index in [1.54, 1.807) is 36.4 Å². The van der Waals surface area contributed by atoms with Crippen LogP contribution in [-0.2, 0) is 21.4 Å². The molecule has 2 aromatic rings. The second-order valence-electron chi connectivity index (χ2n) is 8.92. The Morgan fingerprint density at radius 3 is 2.41 bits per heavy atom. The van der Waals surface area contributed by atoms with Gasteiger partial charge in [-0.1, -0.05) is 12.1 Å². The molecule has 7 nitrogen and oxygen atoms in total. The molecule has 184 valence electrons. The van der Waals surface area contributed by atoms with Gasteiger partial charge in [-0.05, 0) is 74.2 Å². The summed E-state index contributed by atoms with van der Waals surface area (Å²) in [6, 6.07) is 12.9. The molecule has 2 aliphatic rings. The van der Waals surface area contributed by atoms with E-state index in [-0.39, 0.29) is 22.5 Å². The van der Waals surface area contributed by atoms with Gasteiger partial charge in [-0.25, -0.2) is 12.8 Å². The molecule has 1 atom stereocenters. The van der Waals surface area contributed by atoms with Crippen molar-refractivity contribution in [2.75, 3.05) is 39.3 Å². The molecular weight excluding hydrogens is 457 g/mol. The van der Waals surface area contributed by atoms with E-state index in [1.165, 1.54) is 16.4 Å². The van der Waals surface area contributed by atoms with Crippen LogP contribution in [0.3, 0.4) is 0 Å². The van der Waals surface area contributed by atoms with Crippen molar-refractivity contribution in [3.8, 4) is 5.75 Å². The number of nitrogens with one attached hydrogen (secondary N) is 1. The third-order valence-electron chi connectivity index (χ3n) is 6.39. The number of carbonyl (C=O) groups is 1. The molecule has 2 fully saturated rings. The van der Waals surface area contributed by atoms with Crippen molar-refractivity contribution in [1.29, 1.82) is 0 Å². The van der Waals surface area contributed by atoms with Crippen LogP contribution in [0.5, 0.6) is 5.75 Å². The second kappa shape index (κ2) is 11.3. The lowest BCUT2D eigenvalue weighted by Gasteiger charge is -2.32. The molecule has 0 spiro atoms. The minimum Gasteiger partial charge on any atom is -0.492 e. The van der Waals surface area contributed by atoms with Crippen LogP contribution in [0.1, 0.15) is 31.2 Å². The Kier molecular flexibility index (Phi) is 8.18. The van der Waals surface area contributed by atoms with Crippen LogP contribution in [-0.4, -0.2) is 62.9 Å². The summed E-state index contributed by atoms with van der Waals surface area (Å²) in [5.74, 6) is 0.256. The summed E-state index contributed by atoms with van der Waals surface area (Å²) < 4.78 is 45.5. The second-order valence-corrected chi connectivity index (χ2v) is 10.9. The maximum Gasteiger partial charge on any atom is 0.243 e. The Balaban J connectivity index is 1.19. The molecular formula is C25H32FN3O4S. The number of carbonyl (C=O) groups excluding carboxylic acids is 1. The topological polar surface area (TPSA) is 78.9 Å². The third-order valence-corrected chi connectivity index (χ3v) is 8.31. The normalized spacial score (nSPS) is 19.7. The Hall–Kier alpha value is -2.49. The molecule has 1 N–H and O–H groups in total.